The highest BCUT2D eigenvalue weighted by Gasteiger charge is 2.34. The molecule has 0 bridgehead atoms. The summed E-state index contributed by atoms with van der Waals surface area (Å²) in [6.45, 7) is 2.25. The lowest BCUT2D eigenvalue weighted by Gasteiger charge is -2.28. The maximum absolute atomic E-state index is 12.9. The van der Waals surface area contributed by atoms with E-state index in [1.54, 1.807) is 18.4 Å². The van der Waals surface area contributed by atoms with Gasteiger partial charge in [-0.2, -0.15) is 0 Å². The average molecular weight is 500 g/mol. The zero-order valence-electron chi connectivity index (χ0n) is 14.6. The largest absolute Gasteiger partial charge is 0.495 e. The number of thiophene rings is 1. The van der Waals surface area contributed by atoms with Crippen LogP contribution in [0.4, 0.5) is 5.00 Å². The lowest BCUT2D eigenvalue weighted by molar-refractivity contribution is 0.0934. The van der Waals surface area contributed by atoms with Crippen LogP contribution in [0.25, 0.3) is 0 Å². The fourth-order valence-corrected chi connectivity index (χ4v) is 6.69. The Labute approximate surface area is 174 Å². The molecule has 1 aliphatic carbocycles. The molecule has 1 amide bonds. The van der Waals surface area contributed by atoms with Crippen LogP contribution < -0.4 is 15.4 Å². The first-order valence-electron chi connectivity index (χ1n) is 8.76. The maximum atomic E-state index is 12.9. The summed E-state index contributed by atoms with van der Waals surface area (Å²) in [7, 11) is 1.64. The van der Waals surface area contributed by atoms with Gasteiger partial charge in [-0.15, -0.1) is 11.3 Å². The van der Waals surface area contributed by atoms with Gasteiger partial charge in [-0.1, -0.05) is 29.3 Å². The molecule has 0 spiro atoms. The van der Waals surface area contributed by atoms with E-state index >= 15 is 0 Å². The van der Waals surface area contributed by atoms with Crippen molar-refractivity contribution in [1.82, 2.24) is 5.32 Å². The Hall–Kier alpha value is -1.05. The molecule has 2 heterocycles. The number of rotatable bonds is 3. The lowest BCUT2D eigenvalue weighted by atomic mass is 9.85. The number of benzene rings is 1. The average Bonchev–Trinajstić information content (AvgIpc) is 2.98. The number of amides is 1. The standard InChI is InChI=1S/C19H20Br2N2O2S/c1-3-9-4-5-11-14(6-9)26-19-15(11)18(24)22-17(23-19)12-7-10(20)8-13(21)16(12)25-2/h7-9,17,23H,3-6H2,1-2H3,(H,22,24). The van der Waals surface area contributed by atoms with Crippen LogP contribution >= 0.6 is 43.2 Å². The molecule has 2 unspecified atom stereocenters. The molecule has 4 rings (SSSR count). The molecule has 4 nitrogen and oxygen atoms in total. The number of carbonyl (C=O) groups excluding carboxylic acids is 1. The Bertz CT molecular complexity index is 881. The highest BCUT2D eigenvalue weighted by atomic mass is 79.9. The third kappa shape index (κ3) is 3.08. The number of nitrogens with one attached hydrogen (secondary N) is 2. The molecule has 0 fully saturated rings. The molecule has 2 aromatic rings. The zero-order valence-corrected chi connectivity index (χ0v) is 18.6. The fourth-order valence-electron chi connectivity index (χ4n) is 3.88. The summed E-state index contributed by atoms with van der Waals surface area (Å²) in [5, 5.41) is 7.63. The summed E-state index contributed by atoms with van der Waals surface area (Å²) in [4.78, 5) is 14.3. The van der Waals surface area contributed by atoms with Crippen molar-refractivity contribution in [2.75, 3.05) is 12.4 Å². The molecule has 2 N–H and O–H groups in total. The van der Waals surface area contributed by atoms with Crippen molar-refractivity contribution in [2.45, 2.75) is 38.8 Å². The van der Waals surface area contributed by atoms with Gasteiger partial charge in [-0.3, -0.25) is 4.79 Å². The summed E-state index contributed by atoms with van der Waals surface area (Å²) in [5.41, 5.74) is 3.00. The van der Waals surface area contributed by atoms with Crippen LogP contribution in [0.5, 0.6) is 5.75 Å². The predicted molar refractivity (Wildman–Crippen MR) is 112 cm³/mol. The molecule has 0 saturated carbocycles. The van der Waals surface area contributed by atoms with E-state index in [0.717, 1.165) is 49.6 Å². The van der Waals surface area contributed by atoms with Gasteiger partial charge >= 0.3 is 0 Å². The van der Waals surface area contributed by atoms with Gasteiger partial charge in [0.25, 0.3) is 5.91 Å². The Morgan fingerprint density at radius 3 is 2.85 bits per heavy atom. The summed E-state index contributed by atoms with van der Waals surface area (Å²) in [5.74, 6) is 1.47. The molecule has 0 radical (unpaired) electrons. The Kier molecular flexibility index (Phi) is 5.05. The number of hydrogen-bond acceptors (Lipinski definition) is 4. The minimum absolute atomic E-state index is 0.00866. The van der Waals surface area contributed by atoms with Gasteiger partial charge in [0.2, 0.25) is 0 Å². The minimum atomic E-state index is -0.319. The normalized spacial score (nSPS) is 21.5. The maximum Gasteiger partial charge on any atom is 0.256 e. The first-order valence-corrected chi connectivity index (χ1v) is 11.2. The lowest BCUT2D eigenvalue weighted by Crippen LogP contribution is -2.38. The van der Waals surface area contributed by atoms with E-state index in [-0.39, 0.29) is 12.1 Å². The third-order valence-electron chi connectivity index (χ3n) is 5.27. The highest BCUT2D eigenvalue weighted by molar-refractivity contribution is 9.11. The number of ether oxygens (including phenoxy) is 1. The Balaban J connectivity index is 1.72. The molecule has 2 aliphatic rings. The van der Waals surface area contributed by atoms with Crippen molar-refractivity contribution in [3.05, 3.63) is 42.6 Å². The predicted octanol–water partition coefficient (Wildman–Crippen LogP) is 5.65. The summed E-state index contributed by atoms with van der Waals surface area (Å²) < 4.78 is 7.34. The van der Waals surface area contributed by atoms with Crippen LogP contribution in [0.3, 0.4) is 0 Å². The van der Waals surface area contributed by atoms with Crippen LogP contribution in [0.15, 0.2) is 21.1 Å². The summed E-state index contributed by atoms with van der Waals surface area (Å²) in [6, 6.07) is 3.92. The van der Waals surface area contributed by atoms with Crippen LogP contribution in [-0.4, -0.2) is 13.0 Å². The highest BCUT2D eigenvalue weighted by Crippen LogP contribution is 2.45. The first-order chi connectivity index (χ1) is 12.5. The Morgan fingerprint density at radius 1 is 1.31 bits per heavy atom. The van der Waals surface area contributed by atoms with Crippen molar-refractivity contribution in [2.24, 2.45) is 5.92 Å². The van der Waals surface area contributed by atoms with E-state index in [4.69, 9.17) is 4.74 Å². The van der Waals surface area contributed by atoms with Gasteiger partial charge in [0.15, 0.2) is 0 Å². The topological polar surface area (TPSA) is 50.4 Å². The second-order valence-electron chi connectivity index (χ2n) is 6.79. The monoisotopic (exact) mass is 498 g/mol. The van der Waals surface area contributed by atoms with E-state index in [2.05, 4.69) is 49.4 Å². The number of anilines is 1. The van der Waals surface area contributed by atoms with Crippen molar-refractivity contribution in [1.29, 1.82) is 0 Å². The van der Waals surface area contributed by atoms with E-state index in [0.29, 0.717) is 0 Å². The number of carbonyl (C=O) groups is 1. The molecule has 2 atom stereocenters. The number of halogens is 2. The van der Waals surface area contributed by atoms with Gasteiger partial charge in [0.05, 0.1) is 17.1 Å². The smallest absolute Gasteiger partial charge is 0.256 e. The molecular weight excluding hydrogens is 480 g/mol. The number of methoxy groups -OCH3 is 1. The van der Waals surface area contributed by atoms with Crippen LogP contribution in [0.1, 0.15) is 52.3 Å². The van der Waals surface area contributed by atoms with Gasteiger partial charge in [0, 0.05) is 14.9 Å². The molecule has 7 heteroatoms. The van der Waals surface area contributed by atoms with E-state index in [1.807, 2.05) is 12.1 Å². The summed E-state index contributed by atoms with van der Waals surface area (Å²) >= 11 is 8.81. The van der Waals surface area contributed by atoms with Crippen LogP contribution in [-0.2, 0) is 12.8 Å². The Morgan fingerprint density at radius 2 is 2.12 bits per heavy atom. The van der Waals surface area contributed by atoms with E-state index in [9.17, 15) is 4.79 Å². The molecule has 138 valence electrons. The fraction of sp³-hybridized carbons (Fsp3) is 0.421. The molecule has 1 aromatic carbocycles. The van der Waals surface area contributed by atoms with Gasteiger partial charge in [-0.05, 0) is 58.8 Å². The van der Waals surface area contributed by atoms with Crippen molar-refractivity contribution in [3.63, 3.8) is 0 Å². The summed E-state index contributed by atoms with van der Waals surface area (Å²) in [6.07, 6.45) is 4.16. The van der Waals surface area contributed by atoms with Crippen molar-refractivity contribution < 1.29 is 9.53 Å². The number of hydrogen-bond donors (Lipinski definition) is 2. The zero-order chi connectivity index (χ0) is 18.4. The van der Waals surface area contributed by atoms with Crippen molar-refractivity contribution >= 4 is 54.1 Å². The first kappa shape index (κ1) is 18.3. The van der Waals surface area contributed by atoms with Crippen LogP contribution in [0, 0.1) is 5.92 Å². The SMILES string of the molecule is CCC1CCc2c(sc3c2C(=O)NC(c2cc(Br)cc(Br)c2OC)N3)C1. The molecular formula is C19H20Br2N2O2S. The molecule has 1 aliphatic heterocycles. The molecule has 1 aromatic heterocycles. The van der Waals surface area contributed by atoms with E-state index < -0.39 is 0 Å². The second kappa shape index (κ2) is 7.17. The quantitative estimate of drug-likeness (QED) is 0.573. The molecule has 0 saturated heterocycles. The van der Waals surface area contributed by atoms with Gasteiger partial charge in [0.1, 0.15) is 16.9 Å². The second-order valence-corrected chi connectivity index (χ2v) is 9.66. The third-order valence-corrected chi connectivity index (χ3v) is 7.51. The molecule has 26 heavy (non-hydrogen) atoms. The van der Waals surface area contributed by atoms with Gasteiger partial charge < -0.3 is 15.4 Å². The minimum Gasteiger partial charge on any atom is -0.495 e. The van der Waals surface area contributed by atoms with Gasteiger partial charge in [-0.25, -0.2) is 0 Å². The van der Waals surface area contributed by atoms with E-state index in [1.165, 1.54) is 23.3 Å². The van der Waals surface area contributed by atoms with Crippen LogP contribution in [0.2, 0.25) is 0 Å². The number of fused-ring (bicyclic) bond motifs is 3. The van der Waals surface area contributed by atoms with Crippen molar-refractivity contribution in [3.8, 4) is 5.75 Å².